The van der Waals surface area contributed by atoms with Gasteiger partial charge in [0.2, 0.25) is 0 Å². The fraction of sp³-hybridized carbons (Fsp3) is 0.857. The number of rotatable bonds is 20. The molecule has 3 fully saturated rings. The van der Waals surface area contributed by atoms with Crippen LogP contribution in [0.2, 0.25) is 0 Å². The Morgan fingerprint density at radius 2 is 1.17 bits per heavy atom. The van der Waals surface area contributed by atoms with Crippen LogP contribution in [0.4, 0.5) is 4.79 Å². The average molecular weight is 1530 g/mol. The Kier molecular flexibility index (Phi) is 33.8. The molecule has 1 aliphatic heterocycles. The van der Waals surface area contributed by atoms with E-state index in [4.69, 9.17) is 27.6 Å². The predicted octanol–water partition coefficient (Wildman–Crippen LogP) is 22.3. The lowest BCUT2D eigenvalue weighted by molar-refractivity contribution is -0.247. The molecule has 0 amide bonds. The maximum absolute atomic E-state index is 14.4. The molecule has 0 aromatic rings. The zero-order valence-corrected chi connectivity index (χ0v) is 71.9. The number of carbonyl (C=O) groups excluding carboxylic acids is 1. The first-order valence-electron chi connectivity index (χ1n) is 18.3. The smallest absolute Gasteiger partial charge is 0.426 e. The number of hydrogen-bond acceptors (Lipinski definition) is 8. The second-order valence-corrected chi connectivity index (χ2v) is 137. The van der Waals surface area contributed by atoms with E-state index in [0.717, 1.165) is 5.57 Å². The third-order valence-electron chi connectivity index (χ3n) is 11.7. The molecule has 4 aliphatic rings. The molecule has 2 saturated carbocycles. The van der Waals surface area contributed by atoms with E-state index in [1.807, 2.05) is 6.92 Å². The molecule has 1 spiro atoms. The standard InChI is InChI=1S/C21H67O8P35/c1-9-10(26-53(62(48)58(40)41)64(60(44)45)61(46)47)8-21-16(24-17(22)25-21)15-19(4,7-11(14(9)18(21,2)3)27-52(57(38)39)63(49-30)59(42)43)12(29-51(55(34)35)56(36)37)6-13(20(15,5)23)28-50(31)54(32)33/h10-13,15-16,23,49H,6-8,30-48H2,1-5H3/t10?,11?,12?,13?,15?,16?,19-,20?,21?,50?,52?,53?,62?,63?/m1/s1. The van der Waals surface area contributed by atoms with Gasteiger partial charge in [0.1, 0.15) is 0 Å². The van der Waals surface area contributed by atoms with Crippen LogP contribution < -0.4 is 0 Å². The molecule has 1 N–H and O–H groups in total. The molecule has 8 nitrogen and oxygen atoms in total. The Labute approximate surface area is 447 Å². The summed E-state index contributed by atoms with van der Waals surface area (Å²) in [5.41, 5.74) is -1.87. The Bertz CT molecular complexity index is 1590. The van der Waals surface area contributed by atoms with E-state index >= 15 is 0 Å². The van der Waals surface area contributed by atoms with Crippen LogP contribution in [0.1, 0.15) is 53.9 Å². The van der Waals surface area contributed by atoms with Gasteiger partial charge < -0.3 is 32.7 Å². The van der Waals surface area contributed by atoms with Gasteiger partial charge in [0.05, 0.1) is 60.1 Å². The number of fused-ring (bicyclic) bond motifs is 3. The van der Waals surface area contributed by atoms with Crippen LogP contribution in [0.3, 0.4) is 0 Å². The minimum Gasteiger partial charge on any atom is -0.426 e. The minimum atomic E-state index is -1.46. The summed E-state index contributed by atoms with van der Waals surface area (Å²) in [5, 5.41) is 13.6. The van der Waals surface area contributed by atoms with Gasteiger partial charge in [-0.15, -0.1) is 152 Å². The zero-order valence-electron chi connectivity index (χ0n) is 35.6. The van der Waals surface area contributed by atoms with E-state index < -0.39 is 153 Å². The summed E-state index contributed by atoms with van der Waals surface area (Å²) in [4.78, 5) is 14.4. The Morgan fingerprint density at radius 1 is 0.641 bits per heavy atom. The quantitative estimate of drug-likeness (QED) is 0.0732. The maximum atomic E-state index is 14.4. The first-order valence-corrected chi connectivity index (χ1v) is 78.6. The molecule has 0 aromatic carbocycles. The Balaban J connectivity index is 2.17. The molecule has 0 radical (unpaired) electrons. The van der Waals surface area contributed by atoms with E-state index in [2.05, 4.69) is 197 Å². The van der Waals surface area contributed by atoms with Crippen molar-refractivity contribution in [1.29, 1.82) is 0 Å². The highest BCUT2D eigenvalue weighted by Gasteiger charge is 2.76. The topological polar surface area (TPSA) is 92.7 Å². The van der Waals surface area contributed by atoms with E-state index in [0.29, 0.717) is 27.2 Å². The fourth-order valence-corrected chi connectivity index (χ4v) is 207. The lowest BCUT2D eigenvalue weighted by atomic mass is 9.46. The summed E-state index contributed by atoms with van der Waals surface area (Å²) in [6.45, 7) is 5.14. The average Bonchev–Trinajstić information content (AvgIpc) is 3.47. The van der Waals surface area contributed by atoms with Crippen LogP contribution in [0.5, 0.6) is 0 Å². The summed E-state index contributed by atoms with van der Waals surface area (Å²) in [7, 11) is 55.5. The Hall–Kier alpha value is 13.9. The molecular weight excluding hydrogens is 1460 g/mol. The van der Waals surface area contributed by atoms with Crippen molar-refractivity contribution < 1.29 is 37.5 Å². The normalized spacial score (nSPS) is 34.7. The van der Waals surface area contributed by atoms with E-state index in [1.165, 1.54) is 5.57 Å². The van der Waals surface area contributed by atoms with Crippen LogP contribution in [0.25, 0.3) is 0 Å². The van der Waals surface area contributed by atoms with Crippen molar-refractivity contribution in [2.24, 2.45) is 16.7 Å². The van der Waals surface area contributed by atoms with Crippen LogP contribution >= 0.6 is 285 Å². The van der Waals surface area contributed by atoms with Gasteiger partial charge in [0.15, 0.2) is 11.7 Å². The molecule has 1 saturated heterocycles. The van der Waals surface area contributed by atoms with Crippen molar-refractivity contribution in [3.05, 3.63) is 11.1 Å². The molecule has 2 bridgehead atoms. The van der Waals surface area contributed by atoms with Crippen molar-refractivity contribution in [3.8, 4) is 0 Å². The molecule has 374 valence electrons. The summed E-state index contributed by atoms with van der Waals surface area (Å²) < 4.78 is 44.0. The van der Waals surface area contributed by atoms with Gasteiger partial charge in [0, 0.05) is 50.6 Å². The lowest BCUT2D eigenvalue weighted by Crippen LogP contribution is -2.73. The highest BCUT2D eigenvalue weighted by atomic mass is 33.2. The largest absolute Gasteiger partial charge is 0.509 e. The van der Waals surface area contributed by atoms with Crippen molar-refractivity contribution in [3.63, 3.8) is 0 Å². The molecule has 64 heavy (non-hydrogen) atoms. The number of hydrogen-bond donors (Lipinski definition) is 1. The van der Waals surface area contributed by atoms with Gasteiger partial charge >= 0.3 is 6.16 Å². The van der Waals surface area contributed by atoms with Crippen LogP contribution in [-0.2, 0) is 27.6 Å². The SMILES string of the molecule is CC1=C2C(OP(P(P)P)P(PP)P(P)P)C[C@]3(C)C(OP(P(P)P)P(P)P)CC(OP(P)P(P)P)C(C)(O)C3C3OC(=O)OC3(CC1OP(P(P)P(P)P)P(P(P)P)P(P)P)C2(C)C. The van der Waals surface area contributed by atoms with Crippen molar-refractivity contribution in [1.82, 2.24) is 0 Å². The Morgan fingerprint density at radius 3 is 1.62 bits per heavy atom. The third kappa shape index (κ3) is 16.6. The van der Waals surface area contributed by atoms with E-state index in [1.54, 1.807) is 0 Å². The van der Waals surface area contributed by atoms with Crippen LogP contribution in [-0.4, -0.2) is 53.0 Å². The summed E-state index contributed by atoms with van der Waals surface area (Å²) >= 11 is 0. The molecule has 33 unspecified atom stereocenters. The van der Waals surface area contributed by atoms with Gasteiger partial charge in [-0.3, -0.25) is 0 Å². The van der Waals surface area contributed by atoms with Gasteiger partial charge in [-0.25, -0.2) is 4.79 Å². The summed E-state index contributed by atoms with van der Waals surface area (Å²) in [6, 6.07) is 0. The highest BCUT2D eigenvalue weighted by Crippen LogP contribution is 3.18. The first-order chi connectivity index (χ1) is 29.3. The van der Waals surface area contributed by atoms with Crippen molar-refractivity contribution >= 4 is 291 Å². The first kappa shape index (κ1) is 70.3. The van der Waals surface area contributed by atoms with Crippen LogP contribution in [0, 0.1) is 16.7 Å². The molecule has 4 rings (SSSR count). The number of aliphatic hydroxyl groups is 1. The predicted molar refractivity (Wildman–Crippen MR) is 393 cm³/mol. The summed E-state index contributed by atoms with van der Waals surface area (Å²) in [6.07, 6.45) is -1.78. The van der Waals surface area contributed by atoms with Gasteiger partial charge in [-0.2, -0.15) is 0 Å². The highest BCUT2D eigenvalue weighted by molar-refractivity contribution is 9.19. The second kappa shape index (κ2) is 30.8. The molecule has 43 heteroatoms. The third-order valence-corrected chi connectivity index (χ3v) is 166. The van der Waals surface area contributed by atoms with Crippen molar-refractivity contribution in [2.75, 3.05) is 0 Å². The maximum Gasteiger partial charge on any atom is 0.509 e. The zero-order chi connectivity index (χ0) is 48.9. The van der Waals surface area contributed by atoms with Gasteiger partial charge in [0.25, 0.3) is 0 Å². The van der Waals surface area contributed by atoms with Crippen molar-refractivity contribution in [2.45, 2.75) is 95.6 Å². The van der Waals surface area contributed by atoms with Gasteiger partial charge in [-0.05, 0) is 87.3 Å². The second-order valence-electron chi connectivity index (χ2n) is 15.8. The van der Waals surface area contributed by atoms with Crippen LogP contribution in [0.15, 0.2) is 11.1 Å². The van der Waals surface area contributed by atoms with Gasteiger partial charge in [-0.1, -0.05) is 46.6 Å². The monoisotopic (exact) mass is 1530 g/mol. The molecule has 3 aliphatic carbocycles. The van der Waals surface area contributed by atoms with E-state index in [9.17, 15) is 9.90 Å². The number of ether oxygens (including phenoxy) is 2. The molecule has 0 aromatic heterocycles. The number of carbonyl (C=O) groups is 1. The van der Waals surface area contributed by atoms with E-state index in [-0.39, 0.29) is 18.3 Å². The molecular formula is C21H67O8P35. The lowest BCUT2D eigenvalue weighted by Gasteiger charge is -2.64. The molecule has 1 heterocycles. The summed E-state index contributed by atoms with van der Waals surface area (Å²) in [5.74, 6) is -0.652. The minimum absolute atomic E-state index is 0.352. The fourth-order valence-electron chi connectivity index (χ4n) is 9.06. The molecule has 34 atom stereocenters.